The fourth-order valence-electron chi connectivity index (χ4n) is 4.24. The number of rotatable bonds is 10. The number of carbonyl (C=O) groups is 1. The highest BCUT2D eigenvalue weighted by atomic mass is 32.2. The first kappa shape index (κ1) is 30.4. The number of hydrogen-bond donors (Lipinski definition) is 0. The summed E-state index contributed by atoms with van der Waals surface area (Å²) >= 11 is 0. The molecule has 1 atom stereocenters. The highest BCUT2D eigenvalue weighted by molar-refractivity contribution is 7.86. The Bertz CT molecular complexity index is 1180. The van der Waals surface area contributed by atoms with E-state index in [1.807, 2.05) is 31.3 Å². The Morgan fingerprint density at radius 3 is 2.16 bits per heavy atom. The van der Waals surface area contributed by atoms with Crippen molar-refractivity contribution in [2.45, 2.75) is 50.5 Å². The van der Waals surface area contributed by atoms with Crippen LogP contribution in [0.3, 0.4) is 0 Å². The molecule has 1 aliphatic carbocycles. The number of aryl methyl sites for hydroxylation is 1. The summed E-state index contributed by atoms with van der Waals surface area (Å²) in [4.78, 5) is 12.8. The molecular weight excluding hydrogens is 515 g/mol. The molecule has 0 fully saturated rings. The van der Waals surface area contributed by atoms with Crippen LogP contribution in [0.1, 0.15) is 53.7 Å². The summed E-state index contributed by atoms with van der Waals surface area (Å²) in [5.41, 5.74) is -2.47. The first-order valence-corrected chi connectivity index (χ1v) is 13.1. The first-order chi connectivity index (χ1) is 17.3. The Balaban J connectivity index is 0.000000521. The van der Waals surface area contributed by atoms with Gasteiger partial charge < -0.3 is 18.8 Å². The molecule has 1 aromatic carbocycles. The summed E-state index contributed by atoms with van der Waals surface area (Å²) in [6, 6.07) is 9.97. The van der Waals surface area contributed by atoms with E-state index in [0.717, 1.165) is 55.5 Å². The van der Waals surface area contributed by atoms with E-state index in [1.165, 1.54) is 12.1 Å². The summed E-state index contributed by atoms with van der Waals surface area (Å²) < 4.78 is 77.1. The van der Waals surface area contributed by atoms with Crippen LogP contribution in [0.5, 0.6) is 17.4 Å². The van der Waals surface area contributed by atoms with Crippen molar-refractivity contribution in [3.05, 3.63) is 47.2 Å². The number of fused-ring (bicyclic) bond motifs is 1. The molecule has 0 radical (unpaired) electrons. The first-order valence-electron chi connectivity index (χ1n) is 11.7. The molecule has 8 nitrogen and oxygen atoms in total. The second kappa shape index (κ2) is 13.1. The number of Topliss-reactive ketones (excluding diaryl/α,β-unsaturated/α-hetero) is 1. The molecule has 1 unspecified atom stereocenters. The fraction of sp³-hybridized carbons (Fsp3) is 0.520. The lowest BCUT2D eigenvalue weighted by Gasteiger charge is -2.09. The van der Waals surface area contributed by atoms with Gasteiger partial charge >= 0.3 is 11.4 Å². The van der Waals surface area contributed by atoms with Crippen LogP contribution in [0.25, 0.3) is 0 Å². The lowest BCUT2D eigenvalue weighted by atomic mass is 9.96. The minimum Gasteiger partial charge on any atom is -0.741 e. The van der Waals surface area contributed by atoms with E-state index in [4.69, 9.17) is 27.2 Å². The van der Waals surface area contributed by atoms with E-state index < -0.39 is 15.6 Å². The summed E-state index contributed by atoms with van der Waals surface area (Å²) in [7, 11) is 0.888. The van der Waals surface area contributed by atoms with E-state index in [1.54, 1.807) is 21.3 Å². The molecule has 3 rings (SSSR count). The van der Waals surface area contributed by atoms with Gasteiger partial charge in [-0.15, -0.1) is 0 Å². The van der Waals surface area contributed by atoms with Crippen molar-refractivity contribution >= 4 is 15.9 Å². The number of methoxy groups -OCH3 is 3. The van der Waals surface area contributed by atoms with Gasteiger partial charge in [0.15, 0.2) is 33.1 Å². The van der Waals surface area contributed by atoms with Crippen LogP contribution in [-0.2, 0) is 30.0 Å². The molecule has 1 aromatic heterocycles. The molecule has 37 heavy (non-hydrogen) atoms. The summed E-state index contributed by atoms with van der Waals surface area (Å²) in [5, 5.41) is 0. The highest BCUT2D eigenvalue weighted by Crippen LogP contribution is 2.38. The van der Waals surface area contributed by atoms with Crippen LogP contribution in [0.2, 0.25) is 0 Å². The molecule has 0 spiro atoms. The average Bonchev–Trinajstić information content (AvgIpc) is 3.14. The van der Waals surface area contributed by atoms with E-state index in [9.17, 15) is 18.0 Å². The molecule has 206 valence electrons. The number of ether oxygens (including phenoxy) is 3. The number of ketones is 1. The molecule has 0 amide bonds. The maximum absolute atomic E-state index is 12.8. The van der Waals surface area contributed by atoms with Crippen molar-refractivity contribution in [2.75, 3.05) is 21.3 Å². The van der Waals surface area contributed by atoms with Crippen LogP contribution in [0.4, 0.5) is 13.2 Å². The quantitative estimate of drug-likeness (QED) is 0.191. The lowest BCUT2D eigenvalue weighted by Crippen LogP contribution is -2.35. The molecule has 0 bridgehead atoms. The number of carbonyl (C=O) groups excluding carboxylic acids is 1. The van der Waals surface area contributed by atoms with Gasteiger partial charge in [-0.1, -0.05) is 19.3 Å². The van der Waals surface area contributed by atoms with Crippen molar-refractivity contribution in [3.63, 3.8) is 0 Å². The number of hydrogen-bond acceptors (Lipinski definition) is 7. The minimum atomic E-state index is -6.09. The van der Waals surface area contributed by atoms with E-state index >= 15 is 0 Å². The van der Waals surface area contributed by atoms with Crippen LogP contribution >= 0.6 is 0 Å². The van der Waals surface area contributed by atoms with Gasteiger partial charge in [0.25, 0.3) is 0 Å². The maximum Gasteiger partial charge on any atom is 0.485 e. The van der Waals surface area contributed by atoms with Gasteiger partial charge in [-0.3, -0.25) is 4.79 Å². The number of benzene rings is 1. The Labute approximate surface area is 215 Å². The fourth-order valence-corrected chi connectivity index (χ4v) is 4.24. The minimum absolute atomic E-state index is 0.0954. The van der Waals surface area contributed by atoms with Crippen LogP contribution in [0.15, 0.2) is 30.3 Å². The van der Waals surface area contributed by atoms with Crippen molar-refractivity contribution in [1.29, 1.82) is 0 Å². The van der Waals surface area contributed by atoms with Gasteiger partial charge in [-0.2, -0.15) is 17.7 Å². The highest BCUT2D eigenvalue weighted by Gasteiger charge is 2.37. The van der Waals surface area contributed by atoms with Gasteiger partial charge in [-0.25, -0.2) is 8.42 Å². The topological polar surface area (TPSA) is 106 Å². The number of aromatic nitrogens is 1. The smallest absolute Gasteiger partial charge is 0.485 e. The number of halogens is 3. The van der Waals surface area contributed by atoms with E-state index in [2.05, 4.69) is 10.6 Å². The molecule has 0 saturated carbocycles. The van der Waals surface area contributed by atoms with Gasteiger partial charge in [0.05, 0.1) is 27.4 Å². The normalized spacial score (nSPS) is 15.0. The largest absolute Gasteiger partial charge is 0.741 e. The second-order valence-electron chi connectivity index (χ2n) is 8.60. The summed E-state index contributed by atoms with van der Waals surface area (Å²) in [5.74, 6) is 2.56. The zero-order valence-electron chi connectivity index (χ0n) is 21.3. The van der Waals surface area contributed by atoms with E-state index in [-0.39, 0.29) is 11.7 Å². The van der Waals surface area contributed by atoms with Crippen molar-refractivity contribution in [1.82, 2.24) is 0 Å². The molecular formula is C25H32F3NO7S. The molecule has 12 heteroatoms. The molecule has 1 heterocycles. The van der Waals surface area contributed by atoms with E-state index in [0.29, 0.717) is 11.5 Å². The standard InChI is InChI=1S/C24H32NO4.CHF3O3S/c1-25-19(12-9-13-23(25)29-4)11-8-6-5-7-10-17-14-18-15-21(27-2)22(28-3)16-20(18)24(17)26;2-1(3,4)8(5,6)7/h9,12-13,15-17H,5-8,10-11,14H2,1-4H3;(H,5,6,7)/q+1;/p-1. The predicted octanol–water partition coefficient (Wildman–Crippen LogP) is 4.14. The average molecular weight is 548 g/mol. The Kier molecular flexibility index (Phi) is 10.7. The van der Waals surface area contributed by atoms with Crippen LogP contribution in [0, 0.1) is 5.92 Å². The third-order valence-electron chi connectivity index (χ3n) is 6.23. The van der Waals surface area contributed by atoms with Crippen molar-refractivity contribution in [2.24, 2.45) is 13.0 Å². The Hall–Kier alpha value is -2.86. The maximum atomic E-state index is 12.8. The zero-order valence-corrected chi connectivity index (χ0v) is 22.1. The van der Waals surface area contributed by atoms with Gasteiger partial charge in [0.2, 0.25) is 0 Å². The molecule has 0 N–H and O–H groups in total. The number of nitrogens with zero attached hydrogens (tertiary/aromatic N) is 1. The second-order valence-corrected chi connectivity index (χ2v) is 9.97. The molecule has 1 aliphatic rings. The summed E-state index contributed by atoms with van der Waals surface area (Å²) in [6.45, 7) is 0. The van der Waals surface area contributed by atoms with Crippen LogP contribution < -0.4 is 18.8 Å². The molecule has 2 aromatic rings. The SMILES string of the molecule is COc1cc2c(cc1OC)C(=O)C(CCCCCCc1cccc(OC)[n+]1C)C2.O=S(=O)([O-])C(F)(F)F. The number of pyridine rings is 1. The van der Waals surface area contributed by atoms with Crippen molar-refractivity contribution < 1.29 is 49.7 Å². The van der Waals surface area contributed by atoms with Gasteiger partial charge in [0.1, 0.15) is 7.05 Å². The number of unbranched alkanes of at least 4 members (excludes halogenated alkanes) is 3. The van der Waals surface area contributed by atoms with Crippen LogP contribution in [-0.4, -0.2) is 45.6 Å². The van der Waals surface area contributed by atoms with Crippen molar-refractivity contribution in [3.8, 4) is 17.4 Å². The molecule has 0 saturated heterocycles. The Morgan fingerprint density at radius 2 is 1.59 bits per heavy atom. The number of alkyl halides is 3. The lowest BCUT2D eigenvalue weighted by molar-refractivity contribution is -0.684. The monoisotopic (exact) mass is 547 g/mol. The predicted molar refractivity (Wildman–Crippen MR) is 128 cm³/mol. The molecule has 0 aliphatic heterocycles. The third-order valence-corrected chi connectivity index (χ3v) is 6.80. The van der Waals surface area contributed by atoms with Gasteiger partial charge in [0, 0.05) is 24.0 Å². The third kappa shape index (κ3) is 8.06. The summed E-state index contributed by atoms with van der Waals surface area (Å²) in [6.07, 6.45) is 7.37. The zero-order chi connectivity index (χ0) is 27.8. The Morgan fingerprint density at radius 1 is 1.00 bits per heavy atom. The van der Waals surface area contributed by atoms with Gasteiger partial charge in [-0.05, 0) is 43.0 Å².